The maximum Gasteiger partial charge on any atom is 0.201 e. The van der Waals surface area contributed by atoms with Gasteiger partial charge in [0, 0.05) is 22.8 Å². The van der Waals surface area contributed by atoms with Gasteiger partial charge in [0.05, 0.1) is 4.48 Å². The van der Waals surface area contributed by atoms with Gasteiger partial charge in [-0.1, -0.05) is 0 Å². The van der Waals surface area contributed by atoms with E-state index in [4.69, 9.17) is 0 Å². The quantitative estimate of drug-likeness (QED) is 0.853. The Labute approximate surface area is 121 Å². The zero-order chi connectivity index (χ0) is 14.4. The van der Waals surface area contributed by atoms with Gasteiger partial charge in [-0.05, 0) is 51.8 Å². The Kier molecular flexibility index (Phi) is 2.94. The molecule has 20 heavy (non-hydrogen) atoms. The van der Waals surface area contributed by atoms with Crippen molar-refractivity contribution >= 4 is 27.3 Å². The Morgan fingerprint density at radius 1 is 0.950 bits per heavy atom. The number of phenolic OH excluding ortho intramolecular Hbond substituents is 1. The summed E-state index contributed by atoms with van der Waals surface area (Å²) in [6.07, 6.45) is 0. The Morgan fingerprint density at radius 3 is 2.35 bits per heavy atom. The lowest BCUT2D eigenvalue weighted by atomic mass is 9.98. The van der Waals surface area contributed by atoms with Gasteiger partial charge in [-0.3, -0.25) is 4.79 Å². The molecule has 0 amide bonds. The van der Waals surface area contributed by atoms with Gasteiger partial charge in [0.1, 0.15) is 17.4 Å². The van der Waals surface area contributed by atoms with E-state index < -0.39 is 11.6 Å². The standard InChI is InChI=1S/C15H7BrF2O2/c16-14-13(10-3-1-7(17)5-12(10)18)9-4-2-8(19)6-11(9)15(14)20/h1-6,19H. The van der Waals surface area contributed by atoms with Crippen molar-refractivity contribution in [3.63, 3.8) is 0 Å². The van der Waals surface area contributed by atoms with Crippen LogP contribution < -0.4 is 0 Å². The van der Waals surface area contributed by atoms with E-state index in [-0.39, 0.29) is 27.1 Å². The molecule has 0 heterocycles. The molecular formula is C15H7BrF2O2. The van der Waals surface area contributed by atoms with Crippen molar-refractivity contribution in [2.45, 2.75) is 0 Å². The summed E-state index contributed by atoms with van der Waals surface area (Å²) in [5.74, 6) is -1.81. The molecule has 0 atom stereocenters. The summed E-state index contributed by atoms with van der Waals surface area (Å²) in [4.78, 5) is 12.1. The molecule has 0 fully saturated rings. The van der Waals surface area contributed by atoms with Gasteiger partial charge < -0.3 is 5.11 Å². The Balaban J connectivity index is 2.27. The van der Waals surface area contributed by atoms with Crippen LogP contribution in [0.5, 0.6) is 5.75 Å². The maximum absolute atomic E-state index is 13.9. The molecule has 5 heteroatoms. The number of benzene rings is 2. The first-order valence-electron chi connectivity index (χ1n) is 5.72. The van der Waals surface area contributed by atoms with Crippen LogP contribution in [0.4, 0.5) is 8.78 Å². The first-order chi connectivity index (χ1) is 9.49. The van der Waals surface area contributed by atoms with E-state index in [1.165, 1.54) is 24.3 Å². The van der Waals surface area contributed by atoms with Crippen molar-refractivity contribution in [2.75, 3.05) is 0 Å². The number of allylic oxidation sites excluding steroid dienone is 1. The topological polar surface area (TPSA) is 37.3 Å². The van der Waals surface area contributed by atoms with E-state index in [9.17, 15) is 18.7 Å². The number of hydrogen-bond acceptors (Lipinski definition) is 2. The third kappa shape index (κ3) is 1.86. The van der Waals surface area contributed by atoms with E-state index in [2.05, 4.69) is 15.9 Å². The zero-order valence-corrected chi connectivity index (χ0v) is 11.5. The number of carbonyl (C=O) groups excluding carboxylic acids is 1. The fourth-order valence-electron chi connectivity index (χ4n) is 2.24. The molecular weight excluding hydrogens is 330 g/mol. The van der Waals surface area contributed by atoms with Gasteiger partial charge in [0.2, 0.25) is 5.78 Å². The molecule has 0 bridgehead atoms. The predicted octanol–water partition coefficient (Wildman–Crippen LogP) is 4.02. The van der Waals surface area contributed by atoms with Gasteiger partial charge in [-0.25, -0.2) is 8.78 Å². The van der Waals surface area contributed by atoms with Gasteiger partial charge in [0.25, 0.3) is 0 Å². The molecule has 1 aliphatic rings. The maximum atomic E-state index is 13.9. The molecule has 1 aliphatic carbocycles. The minimum atomic E-state index is -0.745. The summed E-state index contributed by atoms with van der Waals surface area (Å²) >= 11 is 3.15. The minimum absolute atomic E-state index is 0.0433. The second kappa shape index (κ2) is 4.52. The van der Waals surface area contributed by atoms with Crippen LogP contribution in [0.3, 0.4) is 0 Å². The monoisotopic (exact) mass is 336 g/mol. The largest absolute Gasteiger partial charge is 0.508 e. The zero-order valence-electron chi connectivity index (χ0n) is 9.95. The highest BCUT2D eigenvalue weighted by Gasteiger charge is 2.30. The van der Waals surface area contributed by atoms with E-state index in [1.807, 2.05) is 0 Å². The second-order valence-electron chi connectivity index (χ2n) is 4.37. The smallest absolute Gasteiger partial charge is 0.201 e. The van der Waals surface area contributed by atoms with E-state index >= 15 is 0 Å². The molecule has 0 aromatic heterocycles. The number of hydrogen-bond donors (Lipinski definition) is 1. The Hall–Kier alpha value is -2.01. The summed E-state index contributed by atoms with van der Waals surface area (Å²) in [5.41, 5.74) is 1.29. The molecule has 0 aliphatic heterocycles. The number of carbonyl (C=O) groups is 1. The summed E-state index contributed by atoms with van der Waals surface area (Å²) in [7, 11) is 0. The number of Topliss-reactive ketones (excluding diaryl/α,β-unsaturated/α-hetero) is 1. The van der Waals surface area contributed by atoms with Crippen LogP contribution in [0.1, 0.15) is 21.5 Å². The van der Waals surface area contributed by atoms with Crippen LogP contribution >= 0.6 is 15.9 Å². The summed E-state index contributed by atoms with van der Waals surface area (Å²) in [6, 6.07) is 7.47. The van der Waals surface area contributed by atoms with Crippen molar-refractivity contribution in [3.05, 3.63) is 69.2 Å². The third-order valence-corrected chi connectivity index (χ3v) is 3.89. The average molecular weight is 337 g/mol. The van der Waals surface area contributed by atoms with Gasteiger partial charge in [-0.2, -0.15) is 0 Å². The summed E-state index contributed by atoms with van der Waals surface area (Å²) < 4.78 is 27.1. The molecule has 0 unspecified atom stereocenters. The number of halogens is 3. The lowest BCUT2D eigenvalue weighted by Crippen LogP contribution is -1.93. The van der Waals surface area contributed by atoms with Crippen LogP contribution in [0, 0.1) is 11.6 Å². The minimum Gasteiger partial charge on any atom is -0.508 e. The van der Waals surface area contributed by atoms with Gasteiger partial charge in [-0.15, -0.1) is 0 Å². The lowest BCUT2D eigenvalue weighted by Gasteiger charge is -2.07. The molecule has 1 N–H and O–H groups in total. The normalized spacial score (nSPS) is 13.8. The fraction of sp³-hybridized carbons (Fsp3) is 0. The highest BCUT2D eigenvalue weighted by molar-refractivity contribution is 9.12. The molecule has 0 radical (unpaired) electrons. The van der Waals surface area contributed by atoms with Crippen LogP contribution in [-0.2, 0) is 0 Å². The van der Waals surface area contributed by atoms with Crippen molar-refractivity contribution in [1.82, 2.24) is 0 Å². The second-order valence-corrected chi connectivity index (χ2v) is 5.17. The van der Waals surface area contributed by atoms with Gasteiger partial charge >= 0.3 is 0 Å². The SMILES string of the molecule is O=C1C(Br)=C(c2ccc(F)cc2F)c2ccc(O)cc21. The summed E-state index contributed by atoms with van der Waals surface area (Å²) in [6.45, 7) is 0. The van der Waals surface area contributed by atoms with E-state index in [0.29, 0.717) is 11.1 Å². The number of aromatic hydroxyl groups is 1. The van der Waals surface area contributed by atoms with E-state index in [0.717, 1.165) is 12.1 Å². The van der Waals surface area contributed by atoms with Crippen molar-refractivity contribution in [1.29, 1.82) is 0 Å². The van der Waals surface area contributed by atoms with Crippen LogP contribution in [0.25, 0.3) is 5.57 Å². The molecule has 3 rings (SSSR count). The first kappa shape index (κ1) is 13.0. The van der Waals surface area contributed by atoms with Crippen LogP contribution in [0.2, 0.25) is 0 Å². The van der Waals surface area contributed by atoms with Crippen molar-refractivity contribution < 1.29 is 18.7 Å². The number of phenols is 1. The van der Waals surface area contributed by atoms with Gasteiger partial charge in [0.15, 0.2) is 0 Å². The molecule has 0 spiro atoms. The van der Waals surface area contributed by atoms with Crippen molar-refractivity contribution in [3.8, 4) is 5.75 Å². The molecule has 0 saturated heterocycles. The number of fused-ring (bicyclic) bond motifs is 1. The molecule has 100 valence electrons. The number of ketones is 1. The predicted molar refractivity (Wildman–Crippen MR) is 73.7 cm³/mol. The molecule has 2 aromatic carbocycles. The molecule has 2 aromatic rings. The highest BCUT2D eigenvalue weighted by atomic mass is 79.9. The van der Waals surface area contributed by atoms with E-state index in [1.54, 1.807) is 0 Å². The summed E-state index contributed by atoms with van der Waals surface area (Å²) in [5, 5.41) is 9.44. The fourth-order valence-corrected chi connectivity index (χ4v) is 2.88. The molecule has 2 nitrogen and oxygen atoms in total. The van der Waals surface area contributed by atoms with Crippen LogP contribution in [0.15, 0.2) is 40.9 Å². The highest BCUT2D eigenvalue weighted by Crippen LogP contribution is 2.41. The lowest BCUT2D eigenvalue weighted by molar-refractivity contribution is 0.104. The average Bonchev–Trinajstić information content (AvgIpc) is 2.63. The van der Waals surface area contributed by atoms with Crippen molar-refractivity contribution in [2.24, 2.45) is 0 Å². The third-order valence-electron chi connectivity index (χ3n) is 3.14. The van der Waals surface area contributed by atoms with Crippen LogP contribution in [-0.4, -0.2) is 10.9 Å². The molecule has 0 saturated carbocycles. The first-order valence-corrected chi connectivity index (χ1v) is 6.51. The number of rotatable bonds is 1. The Bertz CT molecular complexity index is 781. The Morgan fingerprint density at radius 2 is 1.65 bits per heavy atom.